The average Bonchev–Trinajstić information content (AvgIpc) is 2.37. The third kappa shape index (κ3) is 4.22. The lowest BCUT2D eigenvalue weighted by atomic mass is 9.92. The van der Waals surface area contributed by atoms with Gasteiger partial charge in [-0.1, -0.05) is 23.7 Å². The van der Waals surface area contributed by atoms with Crippen molar-refractivity contribution in [3.63, 3.8) is 0 Å². The van der Waals surface area contributed by atoms with Crippen LogP contribution in [0.4, 0.5) is 0 Å². The first-order chi connectivity index (χ1) is 8.77. The van der Waals surface area contributed by atoms with Crippen molar-refractivity contribution in [1.29, 1.82) is 0 Å². The molecule has 0 amide bonds. The molecular formula is C15H22ClNO2. The van der Waals surface area contributed by atoms with E-state index >= 15 is 0 Å². The number of halogens is 1. The van der Waals surface area contributed by atoms with Crippen LogP contribution in [0, 0.1) is 5.41 Å². The second-order valence-electron chi connectivity index (χ2n) is 5.52. The molecule has 0 fully saturated rings. The Morgan fingerprint density at radius 2 is 1.89 bits per heavy atom. The van der Waals surface area contributed by atoms with Gasteiger partial charge < -0.3 is 4.74 Å². The summed E-state index contributed by atoms with van der Waals surface area (Å²) in [4.78, 5) is 13.8. The number of nitrogens with zero attached hydrogens (tertiary/aromatic N) is 1. The van der Waals surface area contributed by atoms with E-state index in [9.17, 15) is 4.79 Å². The third-order valence-corrected chi connectivity index (χ3v) is 3.65. The van der Waals surface area contributed by atoms with Gasteiger partial charge in [-0.15, -0.1) is 0 Å². The molecule has 0 bridgehead atoms. The minimum atomic E-state index is -0.524. The van der Waals surface area contributed by atoms with Crippen LogP contribution in [0.25, 0.3) is 0 Å². The van der Waals surface area contributed by atoms with E-state index in [1.165, 1.54) is 12.7 Å². The molecule has 1 rings (SSSR count). The lowest BCUT2D eigenvalue weighted by Crippen LogP contribution is -2.39. The fraction of sp³-hybridized carbons (Fsp3) is 0.533. The van der Waals surface area contributed by atoms with Gasteiger partial charge in [0.15, 0.2) is 0 Å². The van der Waals surface area contributed by atoms with Gasteiger partial charge in [0.1, 0.15) is 0 Å². The predicted molar refractivity (Wildman–Crippen MR) is 78.3 cm³/mol. The maximum atomic E-state index is 11.7. The van der Waals surface area contributed by atoms with Gasteiger partial charge in [0.25, 0.3) is 0 Å². The van der Waals surface area contributed by atoms with Gasteiger partial charge in [-0.05, 0) is 45.5 Å². The van der Waals surface area contributed by atoms with Gasteiger partial charge in [-0.25, -0.2) is 0 Å². The van der Waals surface area contributed by atoms with E-state index < -0.39 is 5.41 Å². The molecular weight excluding hydrogens is 262 g/mol. The first kappa shape index (κ1) is 16.0. The van der Waals surface area contributed by atoms with E-state index in [1.807, 2.05) is 45.2 Å². The zero-order valence-corrected chi connectivity index (χ0v) is 13.0. The van der Waals surface area contributed by atoms with Crippen LogP contribution < -0.4 is 0 Å². The van der Waals surface area contributed by atoms with Crippen molar-refractivity contribution in [1.82, 2.24) is 4.90 Å². The molecule has 0 aromatic heterocycles. The number of carbonyl (C=O) groups excluding carboxylic acids is 1. The molecule has 1 aromatic rings. The molecule has 106 valence electrons. The Labute approximate surface area is 120 Å². The lowest BCUT2D eigenvalue weighted by Gasteiger charge is -2.32. The molecule has 0 saturated carbocycles. The number of rotatable bonds is 5. The van der Waals surface area contributed by atoms with Crippen LogP contribution in [0.3, 0.4) is 0 Å². The summed E-state index contributed by atoms with van der Waals surface area (Å²) in [5, 5.41) is 0.730. The number of hydrogen-bond acceptors (Lipinski definition) is 3. The Balaban J connectivity index is 2.75. The highest BCUT2D eigenvalue weighted by molar-refractivity contribution is 6.30. The topological polar surface area (TPSA) is 29.5 Å². The van der Waals surface area contributed by atoms with Crippen molar-refractivity contribution < 1.29 is 9.53 Å². The first-order valence-electron chi connectivity index (χ1n) is 6.32. The van der Waals surface area contributed by atoms with Crippen LogP contribution >= 0.6 is 11.6 Å². The SMILES string of the molecule is COC(=O)C(C)(C)CN(C)C(C)c1ccc(Cl)cc1. The molecule has 0 saturated heterocycles. The van der Waals surface area contributed by atoms with Gasteiger partial charge in [0, 0.05) is 17.6 Å². The highest BCUT2D eigenvalue weighted by atomic mass is 35.5. The summed E-state index contributed by atoms with van der Waals surface area (Å²) >= 11 is 5.89. The quantitative estimate of drug-likeness (QED) is 0.774. The van der Waals surface area contributed by atoms with E-state index in [2.05, 4.69) is 11.8 Å². The van der Waals surface area contributed by atoms with Crippen molar-refractivity contribution in [2.24, 2.45) is 5.41 Å². The number of hydrogen-bond donors (Lipinski definition) is 0. The average molecular weight is 284 g/mol. The smallest absolute Gasteiger partial charge is 0.312 e. The maximum absolute atomic E-state index is 11.7. The molecule has 0 heterocycles. The van der Waals surface area contributed by atoms with E-state index in [0.717, 1.165) is 5.02 Å². The van der Waals surface area contributed by atoms with Crippen LogP contribution in [-0.4, -0.2) is 31.6 Å². The fourth-order valence-corrected chi connectivity index (χ4v) is 2.22. The molecule has 0 N–H and O–H groups in total. The highest BCUT2D eigenvalue weighted by Gasteiger charge is 2.31. The Hall–Kier alpha value is -1.06. The molecule has 1 atom stereocenters. The number of carbonyl (C=O) groups is 1. The molecule has 3 nitrogen and oxygen atoms in total. The van der Waals surface area contributed by atoms with Gasteiger partial charge in [-0.2, -0.15) is 0 Å². The minimum Gasteiger partial charge on any atom is -0.469 e. The Bertz CT molecular complexity index is 428. The summed E-state index contributed by atoms with van der Waals surface area (Å²) in [6.45, 7) is 6.52. The largest absolute Gasteiger partial charge is 0.469 e. The molecule has 19 heavy (non-hydrogen) atoms. The third-order valence-electron chi connectivity index (χ3n) is 3.40. The number of methoxy groups -OCH3 is 1. The molecule has 0 spiro atoms. The second-order valence-corrected chi connectivity index (χ2v) is 5.95. The van der Waals surface area contributed by atoms with Gasteiger partial charge in [0.05, 0.1) is 12.5 Å². The van der Waals surface area contributed by atoms with E-state index in [-0.39, 0.29) is 12.0 Å². The fourth-order valence-electron chi connectivity index (χ4n) is 2.10. The summed E-state index contributed by atoms with van der Waals surface area (Å²) in [6.07, 6.45) is 0. The molecule has 0 aliphatic heterocycles. The van der Waals surface area contributed by atoms with Crippen LogP contribution in [0.5, 0.6) is 0 Å². The lowest BCUT2D eigenvalue weighted by molar-refractivity contribution is -0.151. The highest BCUT2D eigenvalue weighted by Crippen LogP contribution is 2.25. The summed E-state index contributed by atoms with van der Waals surface area (Å²) < 4.78 is 4.83. The summed E-state index contributed by atoms with van der Waals surface area (Å²) in [6, 6.07) is 7.99. The van der Waals surface area contributed by atoms with Crippen LogP contribution in [-0.2, 0) is 9.53 Å². The number of benzene rings is 1. The van der Waals surface area contributed by atoms with Crippen LogP contribution in [0.2, 0.25) is 5.02 Å². The molecule has 1 aromatic carbocycles. The van der Waals surface area contributed by atoms with Crippen molar-refractivity contribution in [2.45, 2.75) is 26.8 Å². The zero-order valence-electron chi connectivity index (χ0n) is 12.2. The van der Waals surface area contributed by atoms with Crippen molar-refractivity contribution in [2.75, 3.05) is 20.7 Å². The van der Waals surface area contributed by atoms with Crippen molar-refractivity contribution in [3.8, 4) is 0 Å². The Morgan fingerprint density at radius 1 is 1.37 bits per heavy atom. The van der Waals surface area contributed by atoms with Crippen molar-refractivity contribution >= 4 is 17.6 Å². The normalized spacial score (nSPS) is 13.4. The Morgan fingerprint density at radius 3 is 2.37 bits per heavy atom. The summed E-state index contributed by atoms with van der Waals surface area (Å²) in [5.74, 6) is -0.192. The molecule has 0 radical (unpaired) electrons. The van der Waals surface area contributed by atoms with E-state index in [0.29, 0.717) is 6.54 Å². The predicted octanol–water partition coefficient (Wildman–Crippen LogP) is 3.53. The molecule has 4 heteroatoms. The molecule has 1 unspecified atom stereocenters. The monoisotopic (exact) mass is 283 g/mol. The van der Waals surface area contributed by atoms with E-state index in [4.69, 9.17) is 16.3 Å². The first-order valence-corrected chi connectivity index (χ1v) is 6.70. The van der Waals surface area contributed by atoms with E-state index in [1.54, 1.807) is 0 Å². The Kier molecular flexibility index (Phi) is 5.39. The molecule has 0 aliphatic carbocycles. The minimum absolute atomic E-state index is 0.192. The standard InChI is InChI=1S/C15H22ClNO2/c1-11(12-6-8-13(16)9-7-12)17(4)10-15(2,3)14(18)19-5/h6-9,11H,10H2,1-5H3. The maximum Gasteiger partial charge on any atom is 0.312 e. The van der Waals surface area contributed by atoms with Gasteiger partial charge >= 0.3 is 5.97 Å². The van der Waals surface area contributed by atoms with Gasteiger partial charge in [-0.3, -0.25) is 9.69 Å². The molecule has 0 aliphatic rings. The van der Waals surface area contributed by atoms with Crippen LogP contribution in [0.1, 0.15) is 32.4 Å². The number of esters is 1. The van der Waals surface area contributed by atoms with Crippen molar-refractivity contribution in [3.05, 3.63) is 34.9 Å². The zero-order chi connectivity index (χ0) is 14.6. The second kappa shape index (κ2) is 6.40. The van der Waals surface area contributed by atoms with Gasteiger partial charge in [0.2, 0.25) is 0 Å². The summed E-state index contributed by atoms with van der Waals surface area (Å²) in [5.41, 5.74) is 0.650. The number of ether oxygens (including phenoxy) is 1. The van der Waals surface area contributed by atoms with Crippen LogP contribution in [0.15, 0.2) is 24.3 Å². The summed E-state index contributed by atoms with van der Waals surface area (Å²) in [7, 11) is 3.43.